The summed E-state index contributed by atoms with van der Waals surface area (Å²) in [5.41, 5.74) is 0. The van der Waals surface area contributed by atoms with Crippen LogP contribution in [0.5, 0.6) is 0 Å². The number of benzene rings is 2. The summed E-state index contributed by atoms with van der Waals surface area (Å²) in [5, 5.41) is 2.38. The minimum atomic E-state index is -2.75. The standard InChI is InChI=1S/C31H35NO5Si/c1-31(2,3)38(21-10-6-4-7-11-21,22-12-8-5-9-13-22)37-26-17-19-16-23(26)27-29(19)36-30(34)32(27)28-24(33)18-20-14-15-25(28)35-20/h4-15,19-20,23,25-29H,16-18H2,1-3H3/t19-,20+,23+,25-,26-,27-,28+,29+/m0/s1. The Balaban J connectivity index is 1.27. The number of ether oxygens (including phenoxy) is 2. The van der Waals surface area contributed by atoms with Gasteiger partial charge in [-0.2, -0.15) is 0 Å². The van der Waals surface area contributed by atoms with Crippen LogP contribution in [0.1, 0.15) is 40.0 Å². The minimum absolute atomic E-state index is 0.0176. The Morgan fingerprint density at radius 3 is 2.21 bits per heavy atom. The van der Waals surface area contributed by atoms with Gasteiger partial charge >= 0.3 is 6.09 Å². The van der Waals surface area contributed by atoms with Crippen molar-refractivity contribution < 1.29 is 23.5 Å². The lowest BCUT2D eigenvalue weighted by atomic mass is 9.88. The molecule has 38 heavy (non-hydrogen) atoms. The molecule has 3 heterocycles. The fraction of sp³-hybridized carbons (Fsp3) is 0.484. The van der Waals surface area contributed by atoms with Gasteiger partial charge < -0.3 is 13.9 Å². The van der Waals surface area contributed by atoms with Gasteiger partial charge in [-0.1, -0.05) is 93.6 Å². The van der Waals surface area contributed by atoms with Gasteiger partial charge in [-0.05, 0) is 28.3 Å². The molecule has 2 saturated heterocycles. The van der Waals surface area contributed by atoms with Gasteiger partial charge in [-0.25, -0.2) is 4.79 Å². The second-order valence-corrected chi connectivity index (χ2v) is 16.9. The Hall–Kier alpha value is -2.74. The van der Waals surface area contributed by atoms with Crippen LogP contribution >= 0.6 is 0 Å². The first-order valence-electron chi connectivity index (χ1n) is 13.9. The Labute approximate surface area is 225 Å². The molecule has 0 N–H and O–H groups in total. The van der Waals surface area contributed by atoms with Crippen LogP contribution in [0.25, 0.3) is 0 Å². The summed E-state index contributed by atoms with van der Waals surface area (Å²) >= 11 is 0. The number of Topliss-reactive ketones (excluding diaryl/α,β-unsaturated/α-hetero) is 1. The lowest BCUT2D eigenvalue weighted by Gasteiger charge is -2.47. The summed E-state index contributed by atoms with van der Waals surface area (Å²) in [6.45, 7) is 6.89. The number of ketones is 1. The van der Waals surface area contributed by atoms with Gasteiger partial charge in [0.2, 0.25) is 0 Å². The van der Waals surface area contributed by atoms with Gasteiger partial charge in [-0.3, -0.25) is 9.69 Å². The Kier molecular flexibility index (Phi) is 5.52. The fourth-order valence-corrected chi connectivity index (χ4v) is 12.8. The van der Waals surface area contributed by atoms with Crippen LogP contribution in [-0.2, 0) is 18.7 Å². The normalized spacial score (nSPS) is 35.6. The van der Waals surface area contributed by atoms with Crippen LogP contribution in [0.2, 0.25) is 5.04 Å². The molecular formula is C31H35NO5Si. The molecule has 2 saturated carbocycles. The Morgan fingerprint density at radius 2 is 1.58 bits per heavy atom. The number of rotatable bonds is 5. The lowest BCUT2D eigenvalue weighted by Crippen LogP contribution is -2.68. The van der Waals surface area contributed by atoms with Gasteiger partial charge in [0.25, 0.3) is 8.32 Å². The highest BCUT2D eigenvalue weighted by atomic mass is 28.4. The third kappa shape index (κ3) is 3.44. The highest BCUT2D eigenvalue weighted by Gasteiger charge is 2.66. The van der Waals surface area contributed by atoms with Gasteiger partial charge in [0.15, 0.2) is 5.78 Å². The van der Waals surface area contributed by atoms with E-state index in [1.54, 1.807) is 4.90 Å². The molecule has 4 fully saturated rings. The van der Waals surface area contributed by atoms with E-state index < -0.39 is 14.4 Å². The van der Waals surface area contributed by atoms with Gasteiger partial charge in [0.05, 0.1) is 18.2 Å². The zero-order chi connectivity index (χ0) is 26.2. The number of carbonyl (C=O) groups is 2. The van der Waals surface area contributed by atoms with Crippen LogP contribution in [0.15, 0.2) is 72.8 Å². The van der Waals surface area contributed by atoms with Gasteiger partial charge in [0.1, 0.15) is 18.2 Å². The third-order valence-electron chi connectivity index (χ3n) is 9.53. The molecule has 0 unspecified atom stereocenters. The van der Waals surface area contributed by atoms with Crippen molar-refractivity contribution in [1.29, 1.82) is 0 Å². The SMILES string of the molecule is CC(C)(C)[Si](O[C@H]1C[C@@H]2C[C@H]1[C@H]1[C@@H]2OC(=O)N1[C@@H]1C(=O)C[C@H]2C=C[C@@H]1O2)(c1ccccc1)c1ccccc1. The van der Waals surface area contributed by atoms with Crippen molar-refractivity contribution in [3.8, 4) is 0 Å². The molecule has 198 valence electrons. The van der Waals surface area contributed by atoms with E-state index in [2.05, 4.69) is 81.4 Å². The maximum atomic E-state index is 13.3. The maximum Gasteiger partial charge on any atom is 0.411 e. The highest BCUT2D eigenvalue weighted by molar-refractivity contribution is 6.99. The number of carbonyl (C=O) groups excluding carboxylic acids is 2. The number of hydrogen-bond acceptors (Lipinski definition) is 5. The smallest absolute Gasteiger partial charge is 0.411 e. The molecule has 3 aliphatic heterocycles. The van der Waals surface area contributed by atoms with Crippen LogP contribution in [-0.4, -0.2) is 61.6 Å². The van der Waals surface area contributed by atoms with Crippen LogP contribution < -0.4 is 10.4 Å². The second kappa shape index (κ2) is 8.63. The van der Waals surface area contributed by atoms with E-state index in [1.165, 1.54) is 10.4 Å². The van der Waals surface area contributed by atoms with E-state index in [4.69, 9.17) is 13.9 Å². The maximum absolute atomic E-state index is 13.3. The largest absolute Gasteiger partial charge is 0.444 e. The fourth-order valence-electron chi connectivity index (χ4n) is 8.04. The lowest BCUT2D eigenvalue weighted by molar-refractivity contribution is -0.138. The number of nitrogens with zero attached hydrogens (tertiary/aromatic N) is 1. The highest BCUT2D eigenvalue weighted by Crippen LogP contribution is 2.55. The van der Waals surface area contributed by atoms with Crippen LogP contribution in [0.4, 0.5) is 4.79 Å². The first-order valence-corrected chi connectivity index (χ1v) is 15.8. The van der Waals surface area contributed by atoms with E-state index >= 15 is 0 Å². The van der Waals surface area contributed by atoms with Gasteiger partial charge in [-0.15, -0.1) is 0 Å². The van der Waals surface area contributed by atoms with E-state index in [0.717, 1.165) is 12.8 Å². The molecule has 1 amide bonds. The zero-order valence-electron chi connectivity index (χ0n) is 22.2. The number of hydrogen-bond donors (Lipinski definition) is 0. The van der Waals surface area contributed by atoms with E-state index in [-0.39, 0.29) is 59.2 Å². The molecule has 7 heteroatoms. The van der Waals surface area contributed by atoms with Crippen molar-refractivity contribution >= 4 is 30.6 Å². The topological polar surface area (TPSA) is 65.1 Å². The molecule has 7 rings (SSSR count). The second-order valence-electron chi connectivity index (χ2n) is 12.6. The summed E-state index contributed by atoms with van der Waals surface area (Å²) in [6.07, 6.45) is 4.92. The molecular weight excluding hydrogens is 494 g/mol. The average Bonchev–Trinajstić information content (AvgIpc) is 3.65. The molecule has 2 aromatic rings. The summed E-state index contributed by atoms with van der Waals surface area (Å²) in [4.78, 5) is 28.2. The van der Waals surface area contributed by atoms with Crippen molar-refractivity contribution in [2.45, 2.75) is 81.6 Å². The third-order valence-corrected chi connectivity index (χ3v) is 14.6. The number of fused-ring (bicyclic) bond motifs is 7. The predicted octanol–water partition coefficient (Wildman–Crippen LogP) is 3.83. The molecule has 6 nitrogen and oxygen atoms in total. The molecule has 8 atom stereocenters. The molecule has 0 radical (unpaired) electrons. The van der Waals surface area contributed by atoms with Crippen molar-refractivity contribution in [3.63, 3.8) is 0 Å². The van der Waals surface area contributed by atoms with E-state index in [0.29, 0.717) is 6.42 Å². The molecule has 2 aromatic carbocycles. The van der Waals surface area contributed by atoms with Crippen LogP contribution in [0.3, 0.4) is 0 Å². The predicted molar refractivity (Wildman–Crippen MR) is 146 cm³/mol. The molecule has 0 spiro atoms. The van der Waals surface area contributed by atoms with Crippen LogP contribution in [0, 0.1) is 11.8 Å². The minimum Gasteiger partial charge on any atom is -0.444 e. The quantitative estimate of drug-likeness (QED) is 0.435. The monoisotopic (exact) mass is 529 g/mol. The summed E-state index contributed by atoms with van der Waals surface area (Å²) in [6, 6.07) is 20.6. The summed E-state index contributed by atoms with van der Waals surface area (Å²) < 4.78 is 19.5. The molecule has 5 aliphatic rings. The average molecular weight is 530 g/mol. The van der Waals surface area contributed by atoms with E-state index in [1.807, 2.05) is 12.2 Å². The van der Waals surface area contributed by atoms with Gasteiger partial charge in [0, 0.05) is 18.3 Å². The molecule has 2 aliphatic carbocycles. The Bertz CT molecular complexity index is 1230. The first kappa shape index (κ1) is 24.3. The molecule has 4 bridgehead atoms. The van der Waals surface area contributed by atoms with E-state index in [9.17, 15) is 9.59 Å². The van der Waals surface area contributed by atoms with Crippen molar-refractivity contribution in [3.05, 3.63) is 72.8 Å². The van der Waals surface area contributed by atoms with Crippen molar-refractivity contribution in [2.24, 2.45) is 11.8 Å². The van der Waals surface area contributed by atoms with Crippen molar-refractivity contribution in [1.82, 2.24) is 4.90 Å². The molecule has 0 aromatic heterocycles. The van der Waals surface area contributed by atoms with Crippen molar-refractivity contribution in [2.75, 3.05) is 0 Å². The first-order chi connectivity index (χ1) is 18.3. The summed E-state index contributed by atoms with van der Waals surface area (Å²) in [7, 11) is -2.75. The Morgan fingerprint density at radius 1 is 0.921 bits per heavy atom. The number of amides is 1. The zero-order valence-corrected chi connectivity index (χ0v) is 23.2. The summed E-state index contributed by atoms with van der Waals surface area (Å²) in [5.74, 6) is 0.434.